The van der Waals surface area contributed by atoms with E-state index in [1.807, 2.05) is 12.1 Å². The highest BCUT2D eigenvalue weighted by atomic mass is 16.5. The molecule has 4 heteroatoms. The molecule has 0 spiro atoms. The van der Waals surface area contributed by atoms with E-state index in [-0.39, 0.29) is 5.91 Å². The lowest BCUT2D eigenvalue weighted by molar-refractivity contribution is 0.0949. The van der Waals surface area contributed by atoms with Crippen molar-refractivity contribution in [2.24, 2.45) is 0 Å². The Bertz CT molecular complexity index is 403. The van der Waals surface area contributed by atoms with Crippen LogP contribution in [-0.2, 0) is 0 Å². The minimum Gasteiger partial charge on any atom is -0.496 e. The largest absolute Gasteiger partial charge is 0.496 e. The maximum atomic E-state index is 12.0. The highest BCUT2D eigenvalue weighted by molar-refractivity contribution is 5.96. The van der Waals surface area contributed by atoms with Crippen molar-refractivity contribution in [1.29, 1.82) is 0 Å². The molecule has 1 amide bonds. The Morgan fingerprint density at radius 1 is 1.20 bits per heavy atom. The molecular weight excluding hydrogens is 252 g/mol. The van der Waals surface area contributed by atoms with Crippen molar-refractivity contribution in [2.45, 2.75) is 26.7 Å². The van der Waals surface area contributed by atoms with Crippen LogP contribution >= 0.6 is 0 Å². The molecule has 0 aliphatic carbocycles. The zero-order chi connectivity index (χ0) is 14.8. The Balaban J connectivity index is 2.30. The molecule has 0 atom stereocenters. The minimum absolute atomic E-state index is 0.0645. The number of ether oxygens (including phenoxy) is 1. The molecule has 0 saturated carbocycles. The van der Waals surface area contributed by atoms with E-state index in [9.17, 15) is 4.79 Å². The molecule has 0 fully saturated rings. The first-order chi connectivity index (χ1) is 9.72. The lowest BCUT2D eigenvalue weighted by Crippen LogP contribution is -2.27. The van der Waals surface area contributed by atoms with Gasteiger partial charge in [-0.3, -0.25) is 4.79 Å². The number of unbranched alkanes of at least 4 members (excludes halogenated alkanes) is 1. The number of benzene rings is 1. The average molecular weight is 278 g/mol. The lowest BCUT2D eigenvalue weighted by atomic mass is 10.2. The van der Waals surface area contributed by atoms with Crippen LogP contribution < -0.4 is 10.1 Å². The van der Waals surface area contributed by atoms with E-state index in [0.29, 0.717) is 17.9 Å². The summed E-state index contributed by atoms with van der Waals surface area (Å²) < 4.78 is 5.19. The van der Waals surface area contributed by atoms with Gasteiger partial charge in [0.1, 0.15) is 5.75 Å². The van der Waals surface area contributed by atoms with Crippen molar-refractivity contribution in [3.05, 3.63) is 29.8 Å². The Morgan fingerprint density at radius 3 is 2.55 bits per heavy atom. The van der Waals surface area contributed by atoms with Crippen LogP contribution in [-0.4, -0.2) is 44.1 Å². The Hall–Kier alpha value is -1.55. The Morgan fingerprint density at radius 2 is 1.90 bits per heavy atom. The molecule has 1 rings (SSSR count). The van der Waals surface area contributed by atoms with Gasteiger partial charge in [0, 0.05) is 6.54 Å². The topological polar surface area (TPSA) is 41.6 Å². The molecule has 0 aromatic heterocycles. The molecule has 0 bridgehead atoms. The number of hydrogen-bond acceptors (Lipinski definition) is 3. The van der Waals surface area contributed by atoms with E-state index in [0.717, 1.165) is 32.5 Å². The fourth-order valence-corrected chi connectivity index (χ4v) is 2.13. The molecule has 0 aliphatic heterocycles. The predicted molar refractivity (Wildman–Crippen MR) is 82.3 cm³/mol. The van der Waals surface area contributed by atoms with Crippen LogP contribution in [0.25, 0.3) is 0 Å². The smallest absolute Gasteiger partial charge is 0.255 e. The van der Waals surface area contributed by atoms with Gasteiger partial charge >= 0.3 is 0 Å². The van der Waals surface area contributed by atoms with Crippen LogP contribution in [0.5, 0.6) is 5.75 Å². The average Bonchev–Trinajstić information content (AvgIpc) is 2.50. The molecule has 0 saturated heterocycles. The van der Waals surface area contributed by atoms with E-state index in [4.69, 9.17) is 4.74 Å². The van der Waals surface area contributed by atoms with Crippen LogP contribution in [0.4, 0.5) is 0 Å². The SMILES string of the molecule is CCN(CC)CCCCNC(=O)c1ccccc1OC. The van der Waals surface area contributed by atoms with Crippen molar-refractivity contribution in [3.8, 4) is 5.75 Å². The first-order valence-corrected chi connectivity index (χ1v) is 7.36. The molecular formula is C16H26N2O2. The Kier molecular flexibility index (Phi) is 7.73. The molecule has 112 valence electrons. The second kappa shape index (κ2) is 9.37. The maximum Gasteiger partial charge on any atom is 0.255 e. The van der Waals surface area contributed by atoms with E-state index >= 15 is 0 Å². The van der Waals surface area contributed by atoms with Crippen molar-refractivity contribution < 1.29 is 9.53 Å². The summed E-state index contributed by atoms with van der Waals surface area (Å²) in [5, 5.41) is 2.95. The molecule has 0 heterocycles. The fourth-order valence-electron chi connectivity index (χ4n) is 2.13. The number of carbonyl (C=O) groups is 1. The van der Waals surface area contributed by atoms with Crippen molar-refractivity contribution >= 4 is 5.91 Å². The highest BCUT2D eigenvalue weighted by Gasteiger charge is 2.10. The number of nitrogens with zero attached hydrogens (tertiary/aromatic N) is 1. The summed E-state index contributed by atoms with van der Waals surface area (Å²) in [7, 11) is 1.58. The van der Waals surface area contributed by atoms with E-state index in [1.165, 1.54) is 0 Å². The van der Waals surface area contributed by atoms with Crippen molar-refractivity contribution in [1.82, 2.24) is 10.2 Å². The number of amides is 1. The quantitative estimate of drug-likeness (QED) is 0.706. The van der Waals surface area contributed by atoms with Crippen LogP contribution in [0.1, 0.15) is 37.0 Å². The van der Waals surface area contributed by atoms with Gasteiger partial charge in [0.05, 0.1) is 12.7 Å². The highest BCUT2D eigenvalue weighted by Crippen LogP contribution is 2.16. The number of nitrogens with one attached hydrogen (secondary N) is 1. The van der Waals surface area contributed by atoms with Crippen molar-refractivity contribution in [3.63, 3.8) is 0 Å². The van der Waals surface area contributed by atoms with Gasteiger partial charge in [-0.1, -0.05) is 26.0 Å². The molecule has 0 unspecified atom stereocenters. The number of para-hydroxylation sites is 1. The van der Waals surface area contributed by atoms with Crippen LogP contribution in [0.15, 0.2) is 24.3 Å². The molecule has 1 N–H and O–H groups in total. The van der Waals surface area contributed by atoms with E-state index < -0.39 is 0 Å². The van der Waals surface area contributed by atoms with Gasteiger partial charge < -0.3 is 15.0 Å². The molecule has 1 aromatic rings. The third-order valence-electron chi connectivity index (χ3n) is 3.43. The summed E-state index contributed by atoms with van der Waals surface area (Å²) in [5.74, 6) is 0.554. The third kappa shape index (κ3) is 5.21. The maximum absolute atomic E-state index is 12.0. The lowest BCUT2D eigenvalue weighted by Gasteiger charge is -2.17. The molecule has 4 nitrogen and oxygen atoms in total. The number of hydrogen-bond donors (Lipinski definition) is 1. The van der Waals surface area contributed by atoms with Gasteiger partial charge in [-0.25, -0.2) is 0 Å². The number of methoxy groups -OCH3 is 1. The second-order valence-corrected chi connectivity index (χ2v) is 4.69. The zero-order valence-electron chi connectivity index (χ0n) is 12.8. The third-order valence-corrected chi connectivity index (χ3v) is 3.43. The van der Waals surface area contributed by atoms with Crippen LogP contribution in [0.2, 0.25) is 0 Å². The normalized spacial score (nSPS) is 10.6. The molecule has 1 aromatic carbocycles. The van der Waals surface area contributed by atoms with Gasteiger partial charge in [-0.2, -0.15) is 0 Å². The van der Waals surface area contributed by atoms with E-state index in [1.54, 1.807) is 19.2 Å². The predicted octanol–water partition coefficient (Wildman–Crippen LogP) is 2.55. The first-order valence-electron chi connectivity index (χ1n) is 7.36. The second-order valence-electron chi connectivity index (χ2n) is 4.69. The molecule has 20 heavy (non-hydrogen) atoms. The number of carbonyl (C=O) groups excluding carboxylic acids is 1. The van der Waals surface area contributed by atoms with Crippen LogP contribution in [0.3, 0.4) is 0 Å². The summed E-state index contributed by atoms with van der Waals surface area (Å²) in [6.45, 7) is 8.32. The zero-order valence-corrected chi connectivity index (χ0v) is 12.8. The summed E-state index contributed by atoms with van der Waals surface area (Å²) in [6, 6.07) is 7.29. The summed E-state index contributed by atoms with van der Waals surface area (Å²) in [6.07, 6.45) is 2.10. The molecule has 0 aliphatic rings. The monoisotopic (exact) mass is 278 g/mol. The van der Waals surface area contributed by atoms with Gasteiger partial charge in [-0.15, -0.1) is 0 Å². The van der Waals surface area contributed by atoms with Gasteiger partial charge in [0.15, 0.2) is 0 Å². The molecule has 0 radical (unpaired) electrons. The van der Waals surface area contributed by atoms with Crippen molar-refractivity contribution in [2.75, 3.05) is 33.3 Å². The summed E-state index contributed by atoms with van der Waals surface area (Å²) in [5.41, 5.74) is 0.596. The summed E-state index contributed by atoms with van der Waals surface area (Å²) in [4.78, 5) is 14.4. The van der Waals surface area contributed by atoms with Gasteiger partial charge in [0.25, 0.3) is 5.91 Å². The fraction of sp³-hybridized carbons (Fsp3) is 0.562. The number of rotatable bonds is 9. The summed E-state index contributed by atoms with van der Waals surface area (Å²) >= 11 is 0. The first kappa shape index (κ1) is 16.5. The standard InChI is InChI=1S/C16H26N2O2/c1-4-18(5-2)13-9-8-12-17-16(19)14-10-6-7-11-15(14)20-3/h6-7,10-11H,4-5,8-9,12-13H2,1-3H3,(H,17,19). The minimum atomic E-state index is -0.0645. The van der Waals surface area contributed by atoms with Gasteiger partial charge in [-0.05, 0) is 44.6 Å². The van der Waals surface area contributed by atoms with E-state index in [2.05, 4.69) is 24.1 Å². The Labute approximate surface area is 122 Å². The van der Waals surface area contributed by atoms with Crippen LogP contribution in [0, 0.1) is 0 Å². The van der Waals surface area contributed by atoms with Gasteiger partial charge in [0.2, 0.25) is 0 Å².